The molecule has 0 radical (unpaired) electrons. The quantitative estimate of drug-likeness (QED) is 0.774. The summed E-state index contributed by atoms with van der Waals surface area (Å²) in [4.78, 5) is 4.30. The molecule has 2 N–H and O–H groups in total. The second-order valence-electron chi connectivity index (χ2n) is 4.52. The van der Waals surface area contributed by atoms with E-state index < -0.39 is 0 Å². The number of aromatic amines is 1. The van der Waals surface area contributed by atoms with Gasteiger partial charge in [0.15, 0.2) is 0 Å². The molecule has 5 heteroatoms. The Kier molecular flexibility index (Phi) is 4.23. The monoisotopic (exact) mass is 240 g/mol. The molecule has 1 unspecified atom stereocenters. The second-order valence-corrected chi connectivity index (χ2v) is 5.93. The van der Waals surface area contributed by atoms with Crippen molar-refractivity contribution in [1.29, 1.82) is 0 Å². The van der Waals surface area contributed by atoms with Crippen LogP contribution in [0.4, 0.5) is 0 Å². The molecule has 0 saturated heterocycles. The highest BCUT2D eigenvalue weighted by molar-refractivity contribution is 7.99. The molecule has 1 atom stereocenters. The lowest BCUT2D eigenvalue weighted by Gasteiger charge is -2.15. The molecule has 1 aliphatic carbocycles. The van der Waals surface area contributed by atoms with E-state index in [1.807, 2.05) is 6.92 Å². The van der Waals surface area contributed by atoms with Crippen molar-refractivity contribution < 1.29 is 0 Å². The fourth-order valence-electron chi connectivity index (χ4n) is 2.06. The lowest BCUT2D eigenvalue weighted by molar-refractivity contribution is 0.527. The first kappa shape index (κ1) is 11.9. The molecule has 0 spiro atoms. The van der Waals surface area contributed by atoms with E-state index in [0.717, 1.165) is 23.6 Å². The van der Waals surface area contributed by atoms with Crippen molar-refractivity contribution >= 4 is 11.8 Å². The molecule has 1 fully saturated rings. The summed E-state index contributed by atoms with van der Waals surface area (Å²) >= 11 is 1.73. The van der Waals surface area contributed by atoms with Gasteiger partial charge in [0.25, 0.3) is 0 Å². The molecule has 1 aliphatic rings. The number of aromatic nitrogens is 3. The van der Waals surface area contributed by atoms with E-state index in [1.165, 1.54) is 25.7 Å². The predicted octanol–water partition coefficient (Wildman–Crippen LogP) is 2.13. The Morgan fingerprint density at radius 1 is 1.50 bits per heavy atom. The molecule has 2 rings (SSSR count). The number of nitrogens with zero attached hydrogens (tertiary/aromatic N) is 2. The zero-order valence-electron chi connectivity index (χ0n) is 9.99. The number of aryl methyl sites for hydroxylation is 1. The number of hydrogen-bond donors (Lipinski definition) is 2. The highest BCUT2D eigenvalue weighted by atomic mass is 32.2. The third kappa shape index (κ3) is 3.49. The average molecular weight is 240 g/mol. The minimum Gasteiger partial charge on any atom is -0.313 e. The van der Waals surface area contributed by atoms with Crippen molar-refractivity contribution in [1.82, 2.24) is 20.5 Å². The van der Waals surface area contributed by atoms with E-state index in [2.05, 4.69) is 27.4 Å². The Morgan fingerprint density at radius 3 is 2.88 bits per heavy atom. The molecule has 0 aliphatic heterocycles. The van der Waals surface area contributed by atoms with Crippen LogP contribution in [0.3, 0.4) is 0 Å². The van der Waals surface area contributed by atoms with Gasteiger partial charge >= 0.3 is 0 Å². The van der Waals surface area contributed by atoms with Gasteiger partial charge in [-0.05, 0) is 19.8 Å². The fourth-order valence-corrected chi connectivity index (χ4v) is 2.89. The normalized spacial score (nSPS) is 19.1. The third-order valence-corrected chi connectivity index (χ3v) is 3.89. The van der Waals surface area contributed by atoms with Crippen LogP contribution >= 0.6 is 11.8 Å². The molecule has 90 valence electrons. The Balaban J connectivity index is 1.69. The number of nitrogens with one attached hydrogen (secondary N) is 2. The Morgan fingerprint density at radius 2 is 2.25 bits per heavy atom. The zero-order chi connectivity index (χ0) is 11.4. The predicted molar refractivity (Wildman–Crippen MR) is 66.7 cm³/mol. The van der Waals surface area contributed by atoms with Crippen molar-refractivity contribution in [3.63, 3.8) is 0 Å². The molecule has 16 heavy (non-hydrogen) atoms. The van der Waals surface area contributed by atoms with Crippen LogP contribution in [0.5, 0.6) is 0 Å². The average Bonchev–Trinajstić information content (AvgIpc) is 2.87. The summed E-state index contributed by atoms with van der Waals surface area (Å²) in [6, 6.07) is 0.747. The summed E-state index contributed by atoms with van der Waals surface area (Å²) in [5.41, 5.74) is 0. The summed E-state index contributed by atoms with van der Waals surface area (Å²) in [7, 11) is 0. The van der Waals surface area contributed by atoms with Gasteiger partial charge in [-0.2, -0.15) is 0 Å². The van der Waals surface area contributed by atoms with Crippen LogP contribution in [0.15, 0.2) is 5.16 Å². The van der Waals surface area contributed by atoms with E-state index >= 15 is 0 Å². The summed E-state index contributed by atoms with van der Waals surface area (Å²) in [6.07, 6.45) is 5.47. The van der Waals surface area contributed by atoms with Crippen LogP contribution in [0.25, 0.3) is 0 Å². The number of hydrogen-bond acceptors (Lipinski definition) is 4. The van der Waals surface area contributed by atoms with Crippen LogP contribution in [-0.2, 0) is 0 Å². The molecule has 4 nitrogen and oxygen atoms in total. The van der Waals surface area contributed by atoms with Crippen molar-refractivity contribution in [2.75, 3.05) is 6.54 Å². The third-order valence-electron chi connectivity index (χ3n) is 2.93. The summed E-state index contributed by atoms with van der Waals surface area (Å²) in [5.74, 6) is 0.887. The first-order chi connectivity index (χ1) is 7.74. The minimum absolute atomic E-state index is 0.524. The van der Waals surface area contributed by atoms with E-state index in [1.54, 1.807) is 11.8 Å². The second kappa shape index (κ2) is 5.68. The molecule has 1 aromatic heterocycles. The first-order valence-corrected chi connectivity index (χ1v) is 6.91. The zero-order valence-corrected chi connectivity index (χ0v) is 10.8. The van der Waals surface area contributed by atoms with Crippen molar-refractivity contribution in [3.05, 3.63) is 5.82 Å². The van der Waals surface area contributed by atoms with E-state index in [9.17, 15) is 0 Å². The maximum Gasteiger partial charge on any atom is 0.208 e. The standard InChI is InChI=1S/C11H20N4S/c1-8(7-12-10-5-3-4-6-10)16-11-13-9(2)14-15-11/h8,10,12H,3-7H2,1-2H3,(H,13,14,15). The van der Waals surface area contributed by atoms with E-state index in [4.69, 9.17) is 0 Å². The van der Waals surface area contributed by atoms with Crippen LogP contribution < -0.4 is 5.32 Å². The van der Waals surface area contributed by atoms with Crippen molar-refractivity contribution in [2.24, 2.45) is 0 Å². The molecule has 1 saturated carbocycles. The minimum atomic E-state index is 0.524. The lowest BCUT2D eigenvalue weighted by atomic mass is 10.2. The molecular weight excluding hydrogens is 220 g/mol. The smallest absolute Gasteiger partial charge is 0.208 e. The summed E-state index contributed by atoms with van der Waals surface area (Å²) < 4.78 is 0. The first-order valence-electron chi connectivity index (χ1n) is 6.03. The van der Waals surface area contributed by atoms with Gasteiger partial charge in [0.05, 0.1) is 0 Å². The number of thioether (sulfide) groups is 1. The van der Waals surface area contributed by atoms with Crippen LogP contribution in [0.1, 0.15) is 38.4 Å². The van der Waals surface area contributed by atoms with Gasteiger partial charge in [-0.25, -0.2) is 4.98 Å². The Bertz CT molecular complexity index is 320. The maximum atomic E-state index is 4.30. The Hall–Kier alpha value is -0.550. The van der Waals surface area contributed by atoms with Gasteiger partial charge in [-0.3, -0.25) is 5.10 Å². The molecule has 1 aromatic rings. The topological polar surface area (TPSA) is 53.6 Å². The Labute approximate surface area is 101 Å². The van der Waals surface area contributed by atoms with Gasteiger partial charge < -0.3 is 5.32 Å². The molecule has 0 amide bonds. The molecular formula is C11H20N4S. The van der Waals surface area contributed by atoms with Gasteiger partial charge in [0, 0.05) is 17.8 Å². The molecule has 0 aromatic carbocycles. The maximum absolute atomic E-state index is 4.30. The SMILES string of the molecule is Cc1nc(SC(C)CNC2CCCC2)n[nH]1. The van der Waals surface area contributed by atoms with Gasteiger partial charge in [-0.1, -0.05) is 31.5 Å². The molecule has 0 bridgehead atoms. The van der Waals surface area contributed by atoms with Crippen LogP contribution in [0, 0.1) is 6.92 Å². The van der Waals surface area contributed by atoms with Gasteiger partial charge in [0.2, 0.25) is 5.16 Å². The highest BCUT2D eigenvalue weighted by Crippen LogP contribution is 2.21. The fraction of sp³-hybridized carbons (Fsp3) is 0.818. The van der Waals surface area contributed by atoms with E-state index in [-0.39, 0.29) is 0 Å². The number of H-pyrrole nitrogens is 1. The van der Waals surface area contributed by atoms with Gasteiger partial charge in [0.1, 0.15) is 5.82 Å². The lowest BCUT2D eigenvalue weighted by Crippen LogP contribution is -2.31. The van der Waals surface area contributed by atoms with Gasteiger partial charge in [-0.15, -0.1) is 5.10 Å². The highest BCUT2D eigenvalue weighted by Gasteiger charge is 2.16. The molecule has 1 heterocycles. The number of rotatable bonds is 5. The summed E-state index contributed by atoms with van der Waals surface area (Å²) in [5, 5.41) is 12.0. The van der Waals surface area contributed by atoms with Crippen LogP contribution in [0.2, 0.25) is 0 Å². The largest absolute Gasteiger partial charge is 0.313 e. The summed E-state index contributed by atoms with van der Waals surface area (Å²) in [6.45, 7) is 5.19. The van der Waals surface area contributed by atoms with Crippen molar-refractivity contribution in [3.8, 4) is 0 Å². The van der Waals surface area contributed by atoms with Crippen LogP contribution in [-0.4, -0.2) is 33.0 Å². The van der Waals surface area contributed by atoms with E-state index in [0.29, 0.717) is 5.25 Å². The van der Waals surface area contributed by atoms with Crippen molar-refractivity contribution in [2.45, 2.75) is 56.0 Å².